The summed E-state index contributed by atoms with van der Waals surface area (Å²) in [4.78, 5) is 29.3. The zero-order valence-corrected chi connectivity index (χ0v) is 27.7. The highest BCUT2D eigenvalue weighted by molar-refractivity contribution is 7.92. The molecule has 1 saturated carbocycles. The third-order valence-electron chi connectivity index (χ3n) is 7.54. The summed E-state index contributed by atoms with van der Waals surface area (Å²) in [5.74, 6) is -0.564. The first kappa shape index (κ1) is 33.9. The van der Waals surface area contributed by atoms with Crippen LogP contribution in [0.1, 0.15) is 51.5 Å². The average Bonchev–Trinajstić information content (AvgIpc) is 3.51. The molecule has 1 aliphatic rings. The molecular weight excluding hydrogens is 645 g/mol. The van der Waals surface area contributed by atoms with E-state index in [1.807, 2.05) is 6.92 Å². The van der Waals surface area contributed by atoms with Gasteiger partial charge in [0.15, 0.2) is 0 Å². The average molecular weight is 681 g/mol. The lowest BCUT2D eigenvalue weighted by Crippen LogP contribution is -2.53. The molecule has 4 rings (SSSR count). The molecule has 3 aromatic carbocycles. The maximum Gasteiger partial charge on any atom is 0.264 e. The Hall–Kier alpha value is -2.98. The van der Waals surface area contributed by atoms with Crippen molar-refractivity contribution >= 4 is 62.3 Å². The van der Waals surface area contributed by atoms with E-state index in [-0.39, 0.29) is 35.7 Å². The second kappa shape index (κ2) is 15.3. The SMILES string of the molecule is CCOc1ccccc1N(CC(=O)N(Cc1ccc(Cl)c(Cl)c1)[C@H](CC)C(=O)NC1CCCC1)S(=O)(=O)c1ccc(Cl)cc1. The van der Waals surface area contributed by atoms with Crippen LogP contribution in [0, 0.1) is 0 Å². The molecule has 236 valence electrons. The second-order valence-corrected chi connectivity index (χ2v) is 13.7. The molecule has 44 heavy (non-hydrogen) atoms. The van der Waals surface area contributed by atoms with Crippen molar-refractivity contribution in [2.75, 3.05) is 17.5 Å². The highest BCUT2D eigenvalue weighted by Gasteiger charge is 2.35. The molecule has 0 aromatic heterocycles. The number of benzene rings is 3. The molecule has 0 aliphatic heterocycles. The molecule has 1 fully saturated rings. The molecule has 0 radical (unpaired) electrons. The van der Waals surface area contributed by atoms with Crippen LogP contribution in [0.25, 0.3) is 0 Å². The highest BCUT2D eigenvalue weighted by Crippen LogP contribution is 2.33. The Morgan fingerprint density at radius 2 is 1.64 bits per heavy atom. The first-order valence-corrected chi connectivity index (χ1v) is 17.2. The number of halogens is 3. The minimum absolute atomic E-state index is 0.00819. The van der Waals surface area contributed by atoms with Gasteiger partial charge in [0.25, 0.3) is 10.0 Å². The molecule has 1 N–H and O–H groups in total. The summed E-state index contributed by atoms with van der Waals surface area (Å²) in [5, 5.41) is 4.13. The van der Waals surface area contributed by atoms with Crippen molar-refractivity contribution in [1.82, 2.24) is 10.2 Å². The molecule has 3 aromatic rings. The predicted molar refractivity (Wildman–Crippen MR) is 175 cm³/mol. The molecule has 0 heterocycles. The summed E-state index contributed by atoms with van der Waals surface area (Å²) < 4.78 is 35.1. The van der Waals surface area contributed by atoms with Crippen LogP contribution in [0.2, 0.25) is 15.1 Å². The summed E-state index contributed by atoms with van der Waals surface area (Å²) in [6.07, 6.45) is 4.13. The summed E-state index contributed by atoms with van der Waals surface area (Å²) in [7, 11) is -4.29. The maximum atomic E-state index is 14.3. The Balaban J connectivity index is 1.76. The normalized spacial score (nSPS) is 14.2. The van der Waals surface area contributed by atoms with Gasteiger partial charge in [0.05, 0.1) is 27.2 Å². The van der Waals surface area contributed by atoms with E-state index < -0.39 is 28.5 Å². The maximum absolute atomic E-state index is 14.3. The number of amides is 2. The predicted octanol–water partition coefficient (Wildman–Crippen LogP) is 7.11. The number of nitrogens with one attached hydrogen (secondary N) is 1. The van der Waals surface area contributed by atoms with Crippen LogP contribution in [0.15, 0.2) is 71.6 Å². The van der Waals surface area contributed by atoms with Gasteiger partial charge >= 0.3 is 0 Å². The Morgan fingerprint density at radius 3 is 2.27 bits per heavy atom. The van der Waals surface area contributed by atoms with E-state index in [0.29, 0.717) is 32.8 Å². The van der Waals surface area contributed by atoms with Crippen molar-refractivity contribution in [3.63, 3.8) is 0 Å². The van der Waals surface area contributed by atoms with Crippen molar-refractivity contribution in [1.29, 1.82) is 0 Å². The number of nitrogens with zero attached hydrogens (tertiary/aromatic N) is 2. The third-order valence-corrected chi connectivity index (χ3v) is 10.3. The molecule has 0 bridgehead atoms. The lowest BCUT2D eigenvalue weighted by atomic mass is 10.1. The molecule has 8 nitrogen and oxygen atoms in total. The Kier molecular flexibility index (Phi) is 11.8. The number of hydrogen-bond donors (Lipinski definition) is 1. The van der Waals surface area contributed by atoms with Gasteiger partial charge in [-0.3, -0.25) is 13.9 Å². The fourth-order valence-corrected chi connectivity index (χ4v) is 7.18. The summed E-state index contributed by atoms with van der Waals surface area (Å²) >= 11 is 18.5. The largest absolute Gasteiger partial charge is 0.492 e. The Labute approximate surface area is 274 Å². The van der Waals surface area contributed by atoms with Crippen molar-refractivity contribution in [3.8, 4) is 5.75 Å². The van der Waals surface area contributed by atoms with E-state index in [1.165, 1.54) is 29.2 Å². The number of carbonyl (C=O) groups is 2. The van der Waals surface area contributed by atoms with E-state index in [1.54, 1.807) is 49.4 Å². The number of para-hydroxylation sites is 2. The minimum atomic E-state index is -4.29. The number of ether oxygens (including phenoxy) is 1. The summed E-state index contributed by atoms with van der Waals surface area (Å²) in [6, 6.07) is 16.5. The number of sulfonamides is 1. The molecule has 0 spiro atoms. The lowest BCUT2D eigenvalue weighted by Gasteiger charge is -2.34. The van der Waals surface area contributed by atoms with Crippen LogP contribution >= 0.6 is 34.8 Å². The van der Waals surface area contributed by atoms with Crippen LogP contribution in [-0.4, -0.2) is 50.4 Å². The van der Waals surface area contributed by atoms with Gasteiger partial charge in [0.1, 0.15) is 18.3 Å². The van der Waals surface area contributed by atoms with Crippen molar-refractivity contribution in [2.24, 2.45) is 0 Å². The molecule has 0 saturated heterocycles. The zero-order valence-electron chi connectivity index (χ0n) is 24.6. The summed E-state index contributed by atoms with van der Waals surface area (Å²) in [6.45, 7) is 3.30. The molecule has 12 heteroatoms. The van der Waals surface area contributed by atoms with E-state index in [4.69, 9.17) is 39.5 Å². The third kappa shape index (κ3) is 8.18. The van der Waals surface area contributed by atoms with Crippen molar-refractivity contribution in [2.45, 2.75) is 69.5 Å². The van der Waals surface area contributed by atoms with Gasteiger partial charge in [-0.1, -0.05) is 72.8 Å². The van der Waals surface area contributed by atoms with Gasteiger partial charge in [-0.05, 0) is 80.3 Å². The molecular formula is C32H36Cl3N3O5S. The molecule has 0 unspecified atom stereocenters. The quantitative estimate of drug-likeness (QED) is 0.208. The Bertz CT molecular complexity index is 1560. The van der Waals surface area contributed by atoms with E-state index in [9.17, 15) is 18.0 Å². The topological polar surface area (TPSA) is 96.0 Å². The fraction of sp³-hybridized carbons (Fsp3) is 0.375. The monoisotopic (exact) mass is 679 g/mol. The van der Waals surface area contributed by atoms with Crippen molar-refractivity contribution in [3.05, 3.63) is 87.4 Å². The van der Waals surface area contributed by atoms with Crippen LogP contribution in [0.5, 0.6) is 5.75 Å². The van der Waals surface area contributed by atoms with Crippen LogP contribution < -0.4 is 14.4 Å². The number of carbonyl (C=O) groups excluding carboxylic acids is 2. The molecule has 1 atom stereocenters. The van der Waals surface area contributed by atoms with Crippen LogP contribution in [0.4, 0.5) is 5.69 Å². The van der Waals surface area contributed by atoms with Gasteiger partial charge in [0.2, 0.25) is 11.8 Å². The molecule has 1 aliphatic carbocycles. The van der Waals surface area contributed by atoms with Crippen LogP contribution in [0.3, 0.4) is 0 Å². The van der Waals surface area contributed by atoms with Gasteiger partial charge in [0, 0.05) is 17.6 Å². The number of anilines is 1. The lowest BCUT2D eigenvalue weighted by molar-refractivity contribution is -0.140. The zero-order chi connectivity index (χ0) is 31.9. The van der Waals surface area contributed by atoms with Gasteiger partial charge in [-0.2, -0.15) is 0 Å². The number of hydrogen-bond acceptors (Lipinski definition) is 5. The van der Waals surface area contributed by atoms with E-state index in [2.05, 4.69) is 5.32 Å². The second-order valence-electron chi connectivity index (χ2n) is 10.6. The van der Waals surface area contributed by atoms with Gasteiger partial charge < -0.3 is 15.0 Å². The standard InChI is InChI=1S/C32H36Cl3N3O5S/c1-3-28(32(40)36-24-9-5-6-10-24)37(20-22-13-18-26(34)27(35)19-22)31(39)21-38(29-11-7-8-12-30(29)43-4-2)44(41,42)25-16-14-23(33)15-17-25/h7-8,11-19,24,28H,3-6,9-10,20-21H2,1-2H3,(H,36,40)/t28-/m1/s1. The first-order chi connectivity index (χ1) is 21.0. The van der Waals surface area contributed by atoms with Crippen LogP contribution in [-0.2, 0) is 26.2 Å². The molecule has 2 amide bonds. The van der Waals surface area contributed by atoms with E-state index in [0.717, 1.165) is 30.0 Å². The minimum Gasteiger partial charge on any atom is -0.492 e. The van der Waals surface area contributed by atoms with Gasteiger partial charge in [-0.15, -0.1) is 0 Å². The van der Waals surface area contributed by atoms with Crippen molar-refractivity contribution < 1.29 is 22.7 Å². The Morgan fingerprint density at radius 1 is 0.955 bits per heavy atom. The number of rotatable bonds is 13. The van der Waals surface area contributed by atoms with Gasteiger partial charge in [-0.25, -0.2) is 8.42 Å². The van der Waals surface area contributed by atoms with E-state index >= 15 is 0 Å². The first-order valence-electron chi connectivity index (χ1n) is 14.6. The fourth-order valence-electron chi connectivity index (χ4n) is 5.31. The smallest absolute Gasteiger partial charge is 0.264 e. The summed E-state index contributed by atoms with van der Waals surface area (Å²) in [5.41, 5.74) is 0.831. The highest BCUT2D eigenvalue weighted by atomic mass is 35.5.